The van der Waals surface area contributed by atoms with Gasteiger partial charge in [-0.05, 0) is 0 Å². The predicted octanol–water partition coefficient (Wildman–Crippen LogP) is -2.14. The van der Waals surface area contributed by atoms with Crippen LogP contribution in [0.5, 0.6) is 0 Å². The van der Waals surface area contributed by atoms with E-state index in [0.29, 0.717) is 26.2 Å². The molecular weight excluding hydrogens is 226 g/mol. The molecule has 0 atom stereocenters. The minimum atomic E-state index is -0.475. The minimum absolute atomic E-state index is 0.0389. The second kappa shape index (κ2) is 7.71. The summed E-state index contributed by atoms with van der Waals surface area (Å²) in [5.41, 5.74) is 5.69. The standard InChI is InChI=1S/C9H17N5O3/c10-9(16)7-17-4-1-11-5-8-6-14(2-3-15)13-12-8/h6,11,15H,1-5,7H2,(H2,10,16). The van der Waals surface area contributed by atoms with Gasteiger partial charge in [0.2, 0.25) is 5.91 Å². The van der Waals surface area contributed by atoms with Crippen LogP contribution in [0.1, 0.15) is 5.69 Å². The number of carbonyl (C=O) groups excluding carboxylic acids is 1. The lowest BCUT2D eigenvalue weighted by Gasteiger charge is -2.02. The number of carbonyl (C=O) groups is 1. The van der Waals surface area contributed by atoms with E-state index in [4.69, 9.17) is 15.6 Å². The van der Waals surface area contributed by atoms with E-state index in [9.17, 15) is 4.79 Å². The third-order valence-electron chi connectivity index (χ3n) is 1.89. The highest BCUT2D eigenvalue weighted by Gasteiger charge is 1.99. The Morgan fingerprint density at radius 3 is 3.18 bits per heavy atom. The van der Waals surface area contributed by atoms with Crippen molar-refractivity contribution >= 4 is 5.91 Å². The van der Waals surface area contributed by atoms with Crippen molar-refractivity contribution < 1.29 is 14.6 Å². The van der Waals surface area contributed by atoms with Crippen LogP contribution in [0.4, 0.5) is 0 Å². The zero-order valence-corrected chi connectivity index (χ0v) is 9.50. The number of aliphatic hydroxyl groups excluding tert-OH is 1. The Kier molecular flexibility index (Phi) is 6.15. The Balaban J connectivity index is 2.07. The molecule has 0 bridgehead atoms. The number of nitrogens with two attached hydrogens (primary N) is 1. The van der Waals surface area contributed by atoms with Crippen molar-refractivity contribution in [2.24, 2.45) is 5.73 Å². The van der Waals surface area contributed by atoms with E-state index >= 15 is 0 Å². The minimum Gasteiger partial charge on any atom is -0.394 e. The van der Waals surface area contributed by atoms with Crippen LogP contribution in [0.3, 0.4) is 0 Å². The summed E-state index contributed by atoms with van der Waals surface area (Å²) in [5.74, 6) is -0.475. The number of ether oxygens (including phenoxy) is 1. The molecule has 1 rings (SSSR count). The molecule has 0 saturated heterocycles. The zero-order valence-electron chi connectivity index (χ0n) is 9.50. The molecule has 0 radical (unpaired) electrons. The number of hydrogen-bond acceptors (Lipinski definition) is 6. The van der Waals surface area contributed by atoms with Crippen LogP contribution in [0.25, 0.3) is 0 Å². The van der Waals surface area contributed by atoms with Gasteiger partial charge in [0.25, 0.3) is 0 Å². The first kappa shape index (κ1) is 13.6. The molecule has 0 aliphatic rings. The SMILES string of the molecule is NC(=O)COCCNCc1cn(CCO)nn1. The first-order valence-electron chi connectivity index (χ1n) is 5.29. The van der Waals surface area contributed by atoms with Crippen molar-refractivity contribution in [3.05, 3.63) is 11.9 Å². The van der Waals surface area contributed by atoms with E-state index in [1.165, 1.54) is 0 Å². The molecule has 0 saturated carbocycles. The molecule has 8 nitrogen and oxygen atoms in total. The number of nitrogens with one attached hydrogen (secondary N) is 1. The molecule has 0 aromatic carbocycles. The van der Waals surface area contributed by atoms with E-state index in [2.05, 4.69) is 15.6 Å². The summed E-state index contributed by atoms with van der Waals surface area (Å²) in [5, 5.41) is 19.5. The van der Waals surface area contributed by atoms with Gasteiger partial charge in [-0.15, -0.1) is 5.10 Å². The van der Waals surface area contributed by atoms with Gasteiger partial charge in [-0.25, -0.2) is 4.68 Å². The van der Waals surface area contributed by atoms with Gasteiger partial charge in [-0.1, -0.05) is 5.21 Å². The second-order valence-electron chi connectivity index (χ2n) is 3.39. The van der Waals surface area contributed by atoms with Crippen molar-refractivity contribution in [2.45, 2.75) is 13.1 Å². The fourth-order valence-corrected chi connectivity index (χ4v) is 1.16. The van der Waals surface area contributed by atoms with Crippen LogP contribution in [-0.4, -0.2) is 52.4 Å². The van der Waals surface area contributed by atoms with Crippen molar-refractivity contribution in [1.29, 1.82) is 0 Å². The molecule has 0 fully saturated rings. The van der Waals surface area contributed by atoms with Crippen LogP contribution >= 0.6 is 0 Å². The summed E-state index contributed by atoms with van der Waals surface area (Å²) in [6.07, 6.45) is 1.76. The lowest BCUT2D eigenvalue weighted by atomic mass is 10.4. The molecule has 0 aliphatic carbocycles. The number of hydrogen-bond donors (Lipinski definition) is 3. The largest absolute Gasteiger partial charge is 0.394 e. The topological polar surface area (TPSA) is 115 Å². The zero-order chi connectivity index (χ0) is 12.5. The lowest BCUT2D eigenvalue weighted by Crippen LogP contribution is -2.23. The van der Waals surface area contributed by atoms with Crippen molar-refractivity contribution in [2.75, 3.05) is 26.4 Å². The number of aliphatic hydroxyl groups is 1. The summed E-state index contributed by atoms with van der Waals surface area (Å²) in [4.78, 5) is 10.4. The monoisotopic (exact) mass is 243 g/mol. The molecule has 1 aromatic rings. The summed E-state index contributed by atoms with van der Waals surface area (Å²) >= 11 is 0. The van der Waals surface area contributed by atoms with Gasteiger partial charge < -0.3 is 20.9 Å². The number of nitrogens with zero attached hydrogens (tertiary/aromatic N) is 3. The number of aromatic nitrogens is 3. The second-order valence-corrected chi connectivity index (χ2v) is 3.39. The van der Waals surface area contributed by atoms with E-state index in [0.717, 1.165) is 5.69 Å². The van der Waals surface area contributed by atoms with Gasteiger partial charge in [-0.3, -0.25) is 4.79 Å². The summed E-state index contributed by atoms with van der Waals surface area (Å²) < 4.78 is 6.54. The number of primary amides is 1. The van der Waals surface area contributed by atoms with Gasteiger partial charge in [0.1, 0.15) is 6.61 Å². The molecule has 0 spiro atoms. The van der Waals surface area contributed by atoms with E-state index in [1.54, 1.807) is 10.9 Å². The van der Waals surface area contributed by atoms with Crippen LogP contribution in [-0.2, 0) is 22.6 Å². The highest BCUT2D eigenvalue weighted by atomic mass is 16.5. The van der Waals surface area contributed by atoms with Gasteiger partial charge in [-0.2, -0.15) is 0 Å². The van der Waals surface area contributed by atoms with Crippen molar-refractivity contribution in [1.82, 2.24) is 20.3 Å². The Hall–Kier alpha value is -1.51. The predicted molar refractivity (Wildman–Crippen MR) is 58.8 cm³/mol. The highest BCUT2D eigenvalue weighted by molar-refractivity contribution is 5.74. The molecule has 8 heteroatoms. The molecule has 96 valence electrons. The molecule has 1 aromatic heterocycles. The first-order valence-corrected chi connectivity index (χ1v) is 5.29. The van der Waals surface area contributed by atoms with E-state index in [-0.39, 0.29) is 13.2 Å². The normalized spacial score (nSPS) is 10.6. The molecular formula is C9H17N5O3. The van der Waals surface area contributed by atoms with Gasteiger partial charge in [0.15, 0.2) is 0 Å². The summed E-state index contributed by atoms with van der Waals surface area (Å²) in [7, 11) is 0. The summed E-state index contributed by atoms with van der Waals surface area (Å²) in [6.45, 7) is 1.99. The fourth-order valence-electron chi connectivity index (χ4n) is 1.16. The van der Waals surface area contributed by atoms with Crippen LogP contribution in [0.15, 0.2) is 6.20 Å². The first-order chi connectivity index (χ1) is 8.22. The van der Waals surface area contributed by atoms with Crippen LogP contribution in [0.2, 0.25) is 0 Å². The van der Waals surface area contributed by atoms with E-state index < -0.39 is 5.91 Å². The average molecular weight is 243 g/mol. The Bertz CT molecular complexity index is 341. The van der Waals surface area contributed by atoms with Crippen molar-refractivity contribution in [3.63, 3.8) is 0 Å². The maximum Gasteiger partial charge on any atom is 0.243 e. The van der Waals surface area contributed by atoms with Crippen LogP contribution in [0, 0.1) is 0 Å². The van der Waals surface area contributed by atoms with Crippen LogP contribution < -0.4 is 11.1 Å². The fraction of sp³-hybridized carbons (Fsp3) is 0.667. The lowest BCUT2D eigenvalue weighted by molar-refractivity contribution is -0.122. The summed E-state index contributed by atoms with van der Waals surface area (Å²) in [6, 6.07) is 0. The van der Waals surface area contributed by atoms with E-state index in [1.807, 2.05) is 0 Å². The Labute approximate surface area is 98.7 Å². The maximum absolute atomic E-state index is 10.4. The smallest absolute Gasteiger partial charge is 0.243 e. The third kappa shape index (κ3) is 5.95. The quantitative estimate of drug-likeness (QED) is 0.426. The van der Waals surface area contributed by atoms with Gasteiger partial charge in [0, 0.05) is 19.3 Å². The molecule has 0 unspecified atom stereocenters. The van der Waals surface area contributed by atoms with Crippen molar-refractivity contribution in [3.8, 4) is 0 Å². The Morgan fingerprint density at radius 2 is 2.47 bits per heavy atom. The molecule has 0 aliphatic heterocycles. The molecule has 1 heterocycles. The maximum atomic E-state index is 10.4. The third-order valence-corrected chi connectivity index (χ3v) is 1.89. The number of amides is 1. The highest BCUT2D eigenvalue weighted by Crippen LogP contribution is 1.91. The molecule has 4 N–H and O–H groups in total. The van der Waals surface area contributed by atoms with Gasteiger partial charge in [0.05, 0.1) is 25.5 Å². The van der Waals surface area contributed by atoms with Gasteiger partial charge >= 0.3 is 0 Å². The Morgan fingerprint density at radius 1 is 1.65 bits per heavy atom. The average Bonchev–Trinajstić information content (AvgIpc) is 2.71. The molecule has 1 amide bonds. The number of rotatable bonds is 9. The molecule has 17 heavy (non-hydrogen) atoms.